The second-order valence-electron chi connectivity index (χ2n) is 5.88. The third-order valence-corrected chi connectivity index (χ3v) is 3.92. The summed E-state index contributed by atoms with van der Waals surface area (Å²) in [5, 5.41) is 2.79. The molecule has 21 heavy (non-hydrogen) atoms. The maximum Gasteiger partial charge on any atom is 0.220 e. The molecule has 0 radical (unpaired) electrons. The number of aryl methyl sites for hydroxylation is 2. The predicted octanol–water partition coefficient (Wildman–Crippen LogP) is 1.99. The number of fused-ring (bicyclic) bond motifs is 1. The Morgan fingerprint density at radius 2 is 2.00 bits per heavy atom. The maximum atomic E-state index is 12.1. The number of benzene rings is 1. The number of nitrogens with one attached hydrogen (secondary N) is 1. The second-order valence-corrected chi connectivity index (χ2v) is 5.88. The van der Waals surface area contributed by atoms with E-state index in [-0.39, 0.29) is 30.6 Å². The molecule has 0 saturated heterocycles. The van der Waals surface area contributed by atoms with Crippen molar-refractivity contribution in [2.24, 2.45) is 5.73 Å². The summed E-state index contributed by atoms with van der Waals surface area (Å²) in [4.78, 5) is 23.8. The Hall–Kier alpha value is -1.68. The van der Waals surface area contributed by atoms with E-state index in [1.54, 1.807) is 0 Å². The van der Waals surface area contributed by atoms with Crippen LogP contribution in [0.15, 0.2) is 18.2 Å². The van der Waals surface area contributed by atoms with E-state index in [4.69, 9.17) is 5.73 Å². The van der Waals surface area contributed by atoms with Crippen molar-refractivity contribution in [3.05, 3.63) is 34.9 Å². The van der Waals surface area contributed by atoms with Crippen LogP contribution in [0, 0.1) is 0 Å². The number of ketones is 1. The van der Waals surface area contributed by atoms with Gasteiger partial charge in [0, 0.05) is 31.0 Å². The molecule has 114 valence electrons. The van der Waals surface area contributed by atoms with Crippen LogP contribution >= 0.6 is 0 Å². The summed E-state index contributed by atoms with van der Waals surface area (Å²) in [5.74, 6) is -0.0304. The normalized spacial score (nSPS) is 14.6. The van der Waals surface area contributed by atoms with Gasteiger partial charge in [-0.3, -0.25) is 9.59 Å². The fourth-order valence-corrected chi connectivity index (χ4v) is 2.64. The van der Waals surface area contributed by atoms with Crippen LogP contribution in [0.5, 0.6) is 0 Å². The highest BCUT2D eigenvalue weighted by Crippen LogP contribution is 2.23. The number of nitrogens with two attached hydrogens (primary N) is 1. The maximum absolute atomic E-state index is 12.1. The molecule has 0 spiro atoms. The average Bonchev–Trinajstić information content (AvgIpc) is 2.91. The van der Waals surface area contributed by atoms with E-state index in [0.717, 1.165) is 24.8 Å². The molecular formula is C17H24N2O2. The topological polar surface area (TPSA) is 72.2 Å². The van der Waals surface area contributed by atoms with Gasteiger partial charge in [-0.05, 0) is 49.8 Å². The smallest absolute Gasteiger partial charge is 0.220 e. The van der Waals surface area contributed by atoms with Gasteiger partial charge in [0.1, 0.15) is 0 Å². The summed E-state index contributed by atoms with van der Waals surface area (Å²) >= 11 is 0. The largest absolute Gasteiger partial charge is 0.356 e. The van der Waals surface area contributed by atoms with Crippen LogP contribution in [-0.2, 0) is 17.6 Å². The summed E-state index contributed by atoms with van der Waals surface area (Å²) in [7, 11) is 0. The molecule has 0 heterocycles. The van der Waals surface area contributed by atoms with Crippen molar-refractivity contribution >= 4 is 11.7 Å². The van der Waals surface area contributed by atoms with Gasteiger partial charge in [0.25, 0.3) is 0 Å². The first-order chi connectivity index (χ1) is 10.1. The molecule has 0 bridgehead atoms. The molecule has 0 aromatic heterocycles. The lowest BCUT2D eigenvalue weighted by Crippen LogP contribution is -2.29. The zero-order valence-electron chi connectivity index (χ0n) is 12.7. The molecule has 4 nitrogen and oxygen atoms in total. The van der Waals surface area contributed by atoms with E-state index in [0.29, 0.717) is 6.54 Å². The third-order valence-electron chi connectivity index (χ3n) is 3.92. The van der Waals surface area contributed by atoms with Crippen LogP contribution in [0.3, 0.4) is 0 Å². The van der Waals surface area contributed by atoms with Gasteiger partial charge in [-0.15, -0.1) is 0 Å². The second kappa shape index (κ2) is 7.36. The minimum atomic E-state index is -0.0786. The van der Waals surface area contributed by atoms with Crippen LogP contribution < -0.4 is 11.1 Å². The Bertz CT molecular complexity index is 524. The van der Waals surface area contributed by atoms with Gasteiger partial charge in [-0.2, -0.15) is 0 Å². The van der Waals surface area contributed by atoms with E-state index >= 15 is 0 Å². The Morgan fingerprint density at radius 3 is 2.76 bits per heavy atom. The van der Waals surface area contributed by atoms with Gasteiger partial charge in [-0.1, -0.05) is 12.1 Å². The molecule has 1 unspecified atom stereocenters. The molecule has 1 aromatic carbocycles. The van der Waals surface area contributed by atoms with Crippen LogP contribution in [-0.4, -0.2) is 24.3 Å². The number of rotatable bonds is 7. The number of carbonyl (C=O) groups excluding carboxylic acids is 2. The molecule has 1 aromatic rings. The number of hydrogen-bond donors (Lipinski definition) is 2. The highest BCUT2D eigenvalue weighted by molar-refractivity contribution is 5.98. The quantitative estimate of drug-likeness (QED) is 0.754. The summed E-state index contributed by atoms with van der Waals surface area (Å²) in [5.41, 5.74) is 9.01. The Labute approximate surface area is 126 Å². The minimum absolute atomic E-state index is 0.0482. The fraction of sp³-hybridized carbons (Fsp3) is 0.529. The van der Waals surface area contributed by atoms with Crippen LogP contribution in [0.2, 0.25) is 0 Å². The monoisotopic (exact) mass is 288 g/mol. The Kier molecular flexibility index (Phi) is 5.51. The molecule has 4 heteroatoms. The van der Waals surface area contributed by atoms with Crippen molar-refractivity contribution in [2.75, 3.05) is 6.54 Å². The van der Waals surface area contributed by atoms with Crippen LogP contribution in [0.25, 0.3) is 0 Å². The molecule has 0 saturated carbocycles. The lowest BCUT2D eigenvalue weighted by Gasteiger charge is -2.07. The Morgan fingerprint density at radius 1 is 1.24 bits per heavy atom. The average molecular weight is 288 g/mol. The molecule has 1 aliphatic rings. The lowest BCUT2D eigenvalue weighted by molar-refractivity contribution is -0.121. The standard InChI is InChI=1S/C17H24N2O2/c1-12(18)9-10-19-17(21)8-7-16(20)15-6-5-13-3-2-4-14(13)11-15/h5-6,11-12H,2-4,7-10,18H2,1H3,(H,19,21). The number of carbonyl (C=O) groups is 2. The third kappa shape index (κ3) is 4.67. The number of Topliss-reactive ketones (excluding diaryl/α,β-unsaturated/α-hetero) is 1. The van der Waals surface area contributed by atoms with Gasteiger partial charge >= 0.3 is 0 Å². The molecule has 0 aliphatic heterocycles. The van der Waals surface area contributed by atoms with E-state index < -0.39 is 0 Å². The molecule has 1 atom stereocenters. The molecule has 1 amide bonds. The zero-order chi connectivity index (χ0) is 15.2. The first-order valence-corrected chi connectivity index (χ1v) is 7.73. The van der Waals surface area contributed by atoms with Crippen molar-refractivity contribution in [3.8, 4) is 0 Å². The van der Waals surface area contributed by atoms with Crippen molar-refractivity contribution in [1.29, 1.82) is 0 Å². The fourth-order valence-electron chi connectivity index (χ4n) is 2.64. The number of hydrogen-bond acceptors (Lipinski definition) is 3. The molecule has 3 N–H and O–H groups in total. The highest BCUT2D eigenvalue weighted by atomic mass is 16.2. The minimum Gasteiger partial charge on any atom is -0.356 e. The van der Waals surface area contributed by atoms with Gasteiger partial charge in [0.05, 0.1) is 0 Å². The zero-order valence-corrected chi connectivity index (χ0v) is 12.7. The summed E-state index contributed by atoms with van der Waals surface area (Å²) in [6.45, 7) is 2.48. The Balaban J connectivity index is 1.78. The summed E-state index contributed by atoms with van der Waals surface area (Å²) in [6.07, 6.45) is 4.62. The SMILES string of the molecule is CC(N)CCNC(=O)CCC(=O)c1ccc2c(c1)CCC2. The van der Waals surface area contributed by atoms with Gasteiger partial charge in [-0.25, -0.2) is 0 Å². The molecular weight excluding hydrogens is 264 g/mol. The first kappa shape index (κ1) is 15.7. The predicted molar refractivity (Wildman–Crippen MR) is 83.3 cm³/mol. The van der Waals surface area contributed by atoms with E-state index in [9.17, 15) is 9.59 Å². The van der Waals surface area contributed by atoms with Crippen LogP contribution in [0.4, 0.5) is 0 Å². The van der Waals surface area contributed by atoms with Crippen LogP contribution in [0.1, 0.15) is 54.1 Å². The van der Waals surface area contributed by atoms with E-state index in [2.05, 4.69) is 11.4 Å². The lowest BCUT2D eigenvalue weighted by atomic mass is 10.0. The van der Waals surface area contributed by atoms with Crippen molar-refractivity contribution in [3.63, 3.8) is 0 Å². The van der Waals surface area contributed by atoms with Crippen molar-refractivity contribution in [2.45, 2.75) is 51.5 Å². The van der Waals surface area contributed by atoms with E-state index in [1.165, 1.54) is 17.5 Å². The van der Waals surface area contributed by atoms with Crippen molar-refractivity contribution < 1.29 is 9.59 Å². The van der Waals surface area contributed by atoms with Gasteiger partial charge < -0.3 is 11.1 Å². The van der Waals surface area contributed by atoms with Gasteiger partial charge in [0.2, 0.25) is 5.91 Å². The summed E-state index contributed by atoms with van der Waals surface area (Å²) < 4.78 is 0. The molecule has 2 rings (SSSR count). The molecule has 0 fully saturated rings. The summed E-state index contributed by atoms with van der Waals surface area (Å²) in [6, 6.07) is 6.02. The molecule has 1 aliphatic carbocycles. The van der Waals surface area contributed by atoms with Crippen molar-refractivity contribution in [1.82, 2.24) is 5.32 Å². The number of amides is 1. The first-order valence-electron chi connectivity index (χ1n) is 7.73. The van der Waals surface area contributed by atoms with E-state index in [1.807, 2.05) is 19.1 Å². The highest BCUT2D eigenvalue weighted by Gasteiger charge is 2.14. The van der Waals surface area contributed by atoms with Gasteiger partial charge in [0.15, 0.2) is 5.78 Å².